The number of urea groups is 1. The predicted molar refractivity (Wildman–Crippen MR) is 66.3 cm³/mol. The number of methoxy groups -OCH3 is 3. The summed E-state index contributed by atoms with van der Waals surface area (Å²) in [6.07, 6.45) is 0. The topological polar surface area (TPSA) is 112 Å². The Kier molecular flexibility index (Phi) is 4.81. The minimum absolute atomic E-state index is 0.161. The summed E-state index contributed by atoms with van der Waals surface area (Å²) in [5.74, 6) is 0.435. The van der Waals surface area contributed by atoms with E-state index in [9.17, 15) is 9.59 Å². The molecule has 19 heavy (non-hydrogen) atoms. The van der Waals surface area contributed by atoms with Crippen molar-refractivity contribution in [2.45, 2.75) is 0 Å². The largest absolute Gasteiger partial charge is 0.496 e. The average molecular weight is 269 g/mol. The molecule has 0 radical (unpaired) electrons. The van der Waals surface area contributed by atoms with Crippen LogP contribution >= 0.6 is 0 Å². The highest BCUT2D eigenvalue weighted by Gasteiger charge is 2.17. The first-order valence-corrected chi connectivity index (χ1v) is 5.19. The van der Waals surface area contributed by atoms with Crippen LogP contribution in [0.1, 0.15) is 10.4 Å². The molecular weight excluding hydrogens is 254 g/mol. The third-order valence-electron chi connectivity index (χ3n) is 2.25. The van der Waals surface area contributed by atoms with Crippen molar-refractivity contribution in [2.75, 3.05) is 21.3 Å². The van der Waals surface area contributed by atoms with Crippen molar-refractivity contribution in [3.63, 3.8) is 0 Å². The summed E-state index contributed by atoms with van der Waals surface area (Å²) in [5, 5.41) is 0. The Morgan fingerprint density at radius 2 is 1.47 bits per heavy atom. The number of hydrogen-bond donors (Lipinski definition) is 3. The van der Waals surface area contributed by atoms with Gasteiger partial charge in [-0.25, -0.2) is 10.2 Å². The van der Waals surface area contributed by atoms with E-state index in [1.165, 1.54) is 33.5 Å². The molecule has 8 nitrogen and oxygen atoms in total. The molecule has 4 N–H and O–H groups in total. The molecule has 8 heteroatoms. The average Bonchev–Trinajstić information content (AvgIpc) is 2.42. The molecule has 0 heterocycles. The Hall–Kier alpha value is -2.64. The van der Waals surface area contributed by atoms with Gasteiger partial charge in [0, 0.05) is 12.1 Å². The molecule has 1 rings (SSSR count). The van der Waals surface area contributed by atoms with Crippen molar-refractivity contribution in [1.82, 2.24) is 10.9 Å². The zero-order valence-corrected chi connectivity index (χ0v) is 10.8. The first-order chi connectivity index (χ1) is 9.03. The number of nitrogens with one attached hydrogen (secondary N) is 2. The van der Waals surface area contributed by atoms with E-state index in [1.54, 1.807) is 0 Å². The van der Waals surface area contributed by atoms with Crippen molar-refractivity contribution in [3.05, 3.63) is 17.7 Å². The summed E-state index contributed by atoms with van der Waals surface area (Å²) in [7, 11) is 4.30. The number of nitrogens with two attached hydrogens (primary N) is 1. The lowest BCUT2D eigenvalue weighted by Gasteiger charge is -2.13. The number of amides is 3. The Balaban J connectivity index is 3.10. The van der Waals surface area contributed by atoms with Gasteiger partial charge < -0.3 is 19.9 Å². The van der Waals surface area contributed by atoms with Gasteiger partial charge in [0.15, 0.2) is 11.5 Å². The number of ether oxygens (including phenoxy) is 3. The third kappa shape index (κ3) is 3.41. The summed E-state index contributed by atoms with van der Waals surface area (Å²) >= 11 is 0. The van der Waals surface area contributed by atoms with Crippen LogP contribution in [0.3, 0.4) is 0 Å². The fourth-order valence-corrected chi connectivity index (χ4v) is 1.39. The lowest BCUT2D eigenvalue weighted by molar-refractivity contribution is 0.0934. The fourth-order valence-electron chi connectivity index (χ4n) is 1.39. The summed E-state index contributed by atoms with van der Waals surface area (Å²) in [6.45, 7) is 0. The number of rotatable bonds is 4. The van der Waals surface area contributed by atoms with Crippen molar-refractivity contribution in [2.24, 2.45) is 5.73 Å². The minimum atomic E-state index is -0.882. The Bertz CT molecular complexity index is 489. The van der Waals surface area contributed by atoms with Gasteiger partial charge in [-0.05, 0) is 0 Å². The minimum Gasteiger partial charge on any atom is -0.496 e. The quantitative estimate of drug-likeness (QED) is 0.667. The van der Waals surface area contributed by atoms with Crippen molar-refractivity contribution in [1.29, 1.82) is 0 Å². The molecule has 0 aromatic heterocycles. The van der Waals surface area contributed by atoms with Crippen LogP contribution < -0.4 is 30.8 Å². The second-order valence-corrected chi connectivity index (χ2v) is 3.35. The molecular formula is C11H15N3O5. The van der Waals surface area contributed by atoms with Crippen LogP contribution in [0.25, 0.3) is 0 Å². The third-order valence-corrected chi connectivity index (χ3v) is 2.25. The van der Waals surface area contributed by atoms with E-state index in [1.807, 2.05) is 5.43 Å². The molecule has 0 unspecified atom stereocenters. The molecule has 1 aromatic carbocycles. The highest BCUT2D eigenvalue weighted by atomic mass is 16.5. The highest BCUT2D eigenvalue weighted by Crippen LogP contribution is 2.34. The number of carbonyl (C=O) groups is 2. The molecule has 0 bridgehead atoms. The first kappa shape index (κ1) is 14.4. The SMILES string of the molecule is COc1cc(OC)c(C(=O)NNC(N)=O)cc1OC. The van der Waals surface area contributed by atoms with Crippen LogP contribution in [0.4, 0.5) is 4.79 Å². The molecule has 104 valence electrons. The lowest BCUT2D eigenvalue weighted by Crippen LogP contribution is -2.44. The molecule has 3 amide bonds. The van der Waals surface area contributed by atoms with E-state index >= 15 is 0 Å². The number of hydrogen-bond acceptors (Lipinski definition) is 5. The molecule has 0 saturated heterocycles. The van der Waals surface area contributed by atoms with Crippen LogP contribution in [0.15, 0.2) is 12.1 Å². The maximum atomic E-state index is 11.8. The molecule has 0 aliphatic heterocycles. The standard InChI is InChI=1S/C11H15N3O5/c1-17-7-5-9(19-3)8(18-2)4-6(7)10(15)13-14-11(12)16/h4-5H,1-3H3,(H,13,15)(H3,12,14,16). The number of primary amides is 1. The van der Waals surface area contributed by atoms with Crippen molar-refractivity contribution >= 4 is 11.9 Å². The van der Waals surface area contributed by atoms with Gasteiger partial charge in [0.05, 0.1) is 26.9 Å². The molecule has 0 aliphatic rings. The first-order valence-electron chi connectivity index (χ1n) is 5.19. The maximum Gasteiger partial charge on any atom is 0.330 e. The zero-order chi connectivity index (χ0) is 14.4. The predicted octanol–water partition coefficient (Wildman–Crippen LogP) is 0.0255. The monoisotopic (exact) mass is 269 g/mol. The molecule has 0 atom stereocenters. The van der Waals surface area contributed by atoms with E-state index in [-0.39, 0.29) is 11.3 Å². The van der Waals surface area contributed by atoms with Crippen LogP contribution in [0, 0.1) is 0 Å². The lowest BCUT2D eigenvalue weighted by atomic mass is 10.1. The van der Waals surface area contributed by atoms with Gasteiger partial charge in [-0.2, -0.15) is 0 Å². The highest BCUT2D eigenvalue weighted by molar-refractivity contribution is 5.98. The van der Waals surface area contributed by atoms with Gasteiger partial charge in [-0.15, -0.1) is 0 Å². The van der Waals surface area contributed by atoms with Gasteiger partial charge in [0.2, 0.25) is 0 Å². The molecule has 0 spiro atoms. The van der Waals surface area contributed by atoms with E-state index in [4.69, 9.17) is 19.9 Å². The van der Waals surface area contributed by atoms with E-state index in [0.717, 1.165) is 0 Å². The summed E-state index contributed by atoms with van der Waals surface area (Å²) in [4.78, 5) is 22.4. The van der Waals surface area contributed by atoms with E-state index in [0.29, 0.717) is 11.5 Å². The van der Waals surface area contributed by atoms with Gasteiger partial charge in [-0.1, -0.05) is 0 Å². The Labute approximate surface area is 109 Å². The van der Waals surface area contributed by atoms with Gasteiger partial charge in [0.25, 0.3) is 5.91 Å². The van der Waals surface area contributed by atoms with Crippen molar-refractivity contribution < 1.29 is 23.8 Å². The van der Waals surface area contributed by atoms with Crippen LogP contribution in [0.2, 0.25) is 0 Å². The smallest absolute Gasteiger partial charge is 0.330 e. The molecule has 0 aliphatic carbocycles. The van der Waals surface area contributed by atoms with Crippen LogP contribution in [0.5, 0.6) is 17.2 Å². The van der Waals surface area contributed by atoms with E-state index < -0.39 is 11.9 Å². The number of hydrazine groups is 1. The molecule has 0 saturated carbocycles. The molecule has 0 fully saturated rings. The normalized spacial score (nSPS) is 9.42. The maximum absolute atomic E-state index is 11.8. The molecule has 1 aromatic rings. The Morgan fingerprint density at radius 3 is 1.95 bits per heavy atom. The number of carbonyl (C=O) groups excluding carboxylic acids is 2. The fraction of sp³-hybridized carbons (Fsp3) is 0.273. The summed E-state index contributed by atoms with van der Waals surface area (Å²) < 4.78 is 15.2. The van der Waals surface area contributed by atoms with E-state index in [2.05, 4.69) is 5.43 Å². The van der Waals surface area contributed by atoms with Gasteiger partial charge >= 0.3 is 6.03 Å². The zero-order valence-electron chi connectivity index (χ0n) is 10.8. The van der Waals surface area contributed by atoms with Gasteiger partial charge in [0.1, 0.15) is 5.75 Å². The van der Waals surface area contributed by atoms with Crippen molar-refractivity contribution in [3.8, 4) is 17.2 Å². The van der Waals surface area contributed by atoms with Gasteiger partial charge in [-0.3, -0.25) is 10.2 Å². The second kappa shape index (κ2) is 6.34. The van der Waals surface area contributed by atoms with Crippen LogP contribution in [-0.2, 0) is 0 Å². The second-order valence-electron chi connectivity index (χ2n) is 3.35. The summed E-state index contributed by atoms with van der Waals surface area (Å²) in [6, 6.07) is 2.04. The Morgan fingerprint density at radius 1 is 0.947 bits per heavy atom. The van der Waals surface area contributed by atoms with Crippen LogP contribution in [-0.4, -0.2) is 33.3 Å². The number of benzene rings is 1. The summed E-state index contributed by atoms with van der Waals surface area (Å²) in [5.41, 5.74) is 9.11.